The van der Waals surface area contributed by atoms with Crippen LogP contribution in [0, 0.1) is 18.3 Å². The Morgan fingerprint density at radius 1 is 0.968 bits per heavy atom. The molecule has 0 aromatic heterocycles. The normalized spacial score (nSPS) is 11.0. The van der Waals surface area contributed by atoms with Crippen LogP contribution in [0.3, 0.4) is 0 Å². The summed E-state index contributed by atoms with van der Waals surface area (Å²) in [4.78, 5) is 0. The number of allylic oxidation sites excluding steroid dienone is 1. The number of ether oxygens (including phenoxy) is 3. The zero-order valence-corrected chi connectivity index (χ0v) is 19.2. The lowest BCUT2D eigenvalue weighted by atomic mass is 10.0. The van der Waals surface area contributed by atoms with Crippen molar-refractivity contribution >= 4 is 27.6 Å². The molecule has 0 spiro atoms. The molecule has 4 nitrogen and oxygen atoms in total. The predicted octanol–water partition coefficient (Wildman–Crippen LogP) is 6.68. The fourth-order valence-corrected chi connectivity index (χ4v) is 3.55. The maximum Gasteiger partial charge on any atom is 0.175 e. The molecule has 0 saturated heterocycles. The lowest BCUT2D eigenvalue weighted by molar-refractivity contribution is 0.207. The van der Waals surface area contributed by atoms with Gasteiger partial charge in [0.1, 0.15) is 19.0 Å². The Balaban J connectivity index is 1.74. The summed E-state index contributed by atoms with van der Waals surface area (Å²) in [5, 5.41) is 9.59. The molecule has 0 N–H and O–H groups in total. The SMILES string of the molecule is CCOc1cc(C=C(C#N)c2ccccc2)cc(Br)c1OCCOc1ccc(C)cc1. The van der Waals surface area contributed by atoms with Gasteiger partial charge in [0.05, 0.1) is 22.7 Å². The van der Waals surface area contributed by atoms with Gasteiger partial charge in [0.25, 0.3) is 0 Å². The zero-order valence-electron chi connectivity index (χ0n) is 17.6. The summed E-state index contributed by atoms with van der Waals surface area (Å²) in [6.45, 7) is 5.24. The van der Waals surface area contributed by atoms with Crippen molar-refractivity contribution in [3.8, 4) is 23.3 Å². The van der Waals surface area contributed by atoms with Crippen LogP contribution in [-0.2, 0) is 0 Å². The summed E-state index contributed by atoms with van der Waals surface area (Å²) >= 11 is 3.58. The maximum atomic E-state index is 9.59. The number of benzene rings is 3. The Morgan fingerprint density at radius 3 is 2.35 bits per heavy atom. The summed E-state index contributed by atoms with van der Waals surface area (Å²) in [6.07, 6.45) is 1.84. The van der Waals surface area contributed by atoms with Gasteiger partial charge in [-0.1, -0.05) is 48.0 Å². The highest BCUT2D eigenvalue weighted by molar-refractivity contribution is 9.10. The van der Waals surface area contributed by atoms with Crippen LogP contribution in [-0.4, -0.2) is 19.8 Å². The minimum absolute atomic E-state index is 0.370. The molecule has 0 aliphatic heterocycles. The van der Waals surface area contributed by atoms with Gasteiger partial charge in [-0.15, -0.1) is 0 Å². The third-order valence-electron chi connectivity index (χ3n) is 4.47. The van der Waals surface area contributed by atoms with Gasteiger partial charge in [-0.2, -0.15) is 5.26 Å². The van der Waals surface area contributed by atoms with E-state index in [0.717, 1.165) is 21.3 Å². The number of hydrogen-bond donors (Lipinski definition) is 0. The van der Waals surface area contributed by atoms with Crippen molar-refractivity contribution in [2.24, 2.45) is 0 Å². The van der Waals surface area contributed by atoms with Crippen molar-refractivity contribution < 1.29 is 14.2 Å². The molecule has 0 saturated carbocycles. The molecule has 31 heavy (non-hydrogen) atoms. The van der Waals surface area contributed by atoms with Crippen molar-refractivity contribution in [1.29, 1.82) is 5.26 Å². The van der Waals surface area contributed by atoms with Gasteiger partial charge in [-0.05, 0) is 71.2 Å². The molecule has 0 radical (unpaired) electrons. The second-order valence-corrected chi connectivity index (χ2v) is 7.66. The van der Waals surface area contributed by atoms with E-state index in [2.05, 4.69) is 22.0 Å². The van der Waals surface area contributed by atoms with Gasteiger partial charge in [0.2, 0.25) is 0 Å². The summed E-state index contributed by atoms with van der Waals surface area (Å²) in [7, 11) is 0. The Labute approximate surface area is 191 Å². The van der Waals surface area contributed by atoms with Crippen LogP contribution in [0.4, 0.5) is 0 Å². The molecule has 0 aliphatic carbocycles. The van der Waals surface area contributed by atoms with Crippen molar-refractivity contribution in [2.75, 3.05) is 19.8 Å². The van der Waals surface area contributed by atoms with E-state index in [1.54, 1.807) is 0 Å². The molecule has 0 atom stereocenters. The first-order valence-electron chi connectivity index (χ1n) is 10.1. The molecule has 3 aromatic carbocycles. The van der Waals surface area contributed by atoms with Gasteiger partial charge in [-0.3, -0.25) is 0 Å². The van der Waals surface area contributed by atoms with Crippen LogP contribution >= 0.6 is 15.9 Å². The maximum absolute atomic E-state index is 9.59. The van der Waals surface area contributed by atoms with Crippen LogP contribution in [0.2, 0.25) is 0 Å². The van der Waals surface area contributed by atoms with Crippen LogP contribution in [0.1, 0.15) is 23.6 Å². The topological polar surface area (TPSA) is 51.5 Å². The Kier molecular flexibility index (Phi) is 8.14. The first-order chi connectivity index (χ1) is 15.1. The van der Waals surface area contributed by atoms with E-state index < -0.39 is 0 Å². The average molecular weight is 478 g/mol. The molecule has 5 heteroatoms. The molecule has 0 unspecified atom stereocenters. The summed E-state index contributed by atoms with van der Waals surface area (Å²) in [5.74, 6) is 2.04. The van der Waals surface area contributed by atoms with Crippen LogP contribution in [0.5, 0.6) is 17.2 Å². The Bertz CT molecular complexity index is 1070. The summed E-state index contributed by atoms with van der Waals surface area (Å²) in [5.41, 5.74) is 3.48. The van der Waals surface area contributed by atoms with Crippen molar-refractivity contribution in [3.05, 3.63) is 87.9 Å². The number of rotatable bonds is 9. The minimum Gasteiger partial charge on any atom is -0.490 e. The van der Waals surface area contributed by atoms with E-state index >= 15 is 0 Å². The Hall–Kier alpha value is -3.23. The standard InChI is InChI=1S/C26H24BrNO3/c1-3-29-25-17-20(15-22(18-28)21-7-5-4-6-8-21)16-24(27)26(25)31-14-13-30-23-11-9-19(2)10-12-23/h4-12,15-17H,3,13-14H2,1-2H3. The van der Waals surface area contributed by atoms with E-state index in [-0.39, 0.29) is 0 Å². The smallest absolute Gasteiger partial charge is 0.175 e. The Morgan fingerprint density at radius 2 is 1.68 bits per heavy atom. The van der Waals surface area contributed by atoms with Crippen LogP contribution in [0.15, 0.2) is 71.2 Å². The highest BCUT2D eigenvalue weighted by atomic mass is 79.9. The lowest BCUT2D eigenvalue weighted by Gasteiger charge is -2.15. The van der Waals surface area contributed by atoms with E-state index in [4.69, 9.17) is 14.2 Å². The number of hydrogen-bond acceptors (Lipinski definition) is 4. The largest absolute Gasteiger partial charge is 0.490 e. The predicted molar refractivity (Wildman–Crippen MR) is 127 cm³/mol. The molecule has 0 amide bonds. The van der Waals surface area contributed by atoms with Crippen molar-refractivity contribution in [2.45, 2.75) is 13.8 Å². The second-order valence-electron chi connectivity index (χ2n) is 6.81. The van der Waals surface area contributed by atoms with E-state index in [9.17, 15) is 5.26 Å². The van der Waals surface area contributed by atoms with E-state index in [0.29, 0.717) is 36.9 Å². The third kappa shape index (κ3) is 6.37. The number of nitriles is 1. The average Bonchev–Trinajstić information content (AvgIpc) is 2.78. The van der Waals surface area contributed by atoms with Gasteiger partial charge < -0.3 is 14.2 Å². The van der Waals surface area contributed by atoms with Gasteiger partial charge in [-0.25, -0.2) is 0 Å². The highest BCUT2D eigenvalue weighted by Gasteiger charge is 2.13. The highest BCUT2D eigenvalue weighted by Crippen LogP contribution is 2.38. The molecule has 3 aromatic rings. The molecule has 0 bridgehead atoms. The van der Waals surface area contributed by atoms with Crippen LogP contribution in [0.25, 0.3) is 11.6 Å². The molecule has 3 rings (SSSR count). The zero-order chi connectivity index (χ0) is 22.1. The van der Waals surface area contributed by atoms with Crippen molar-refractivity contribution in [3.63, 3.8) is 0 Å². The van der Waals surface area contributed by atoms with Crippen LogP contribution < -0.4 is 14.2 Å². The monoisotopic (exact) mass is 477 g/mol. The number of nitrogens with zero attached hydrogens (tertiary/aromatic N) is 1. The van der Waals surface area contributed by atoms with Gasteiger partial charge >= 0.3 is 0 Å². The minimum atomic E-state index is 0.370. The molecule has 0 heterocycles. The number of aryl methyl sites for hydroxylation is 1. The van der Waals surface area contributed by atoms with E-state index in [1.807, 2.05) is 86.7 Å². The molecule has 158 valence electrons. The fourth-order valence-electron chi connectivity index (χ4n) is 2.98. The summed E-state index contributed by atoms with van der Waals surface area (Å²) in [6, 6.07) is 23.6. The number of halogens is 1. The summed E-state index contributed by atoms with van der Waals surface area (Å²) < 4.78 is 18.2. The molecule has 0 aliphatic rings. The third-order valence-corrected chi connectivity index (χ3v) is 5.06. The molecule has 0 fully saturated rings. The van der Waals surface area contributed by atoms with Gasteiger partial charge in [0, 0.05) is 0 Å². The van der Waals surface area contributed by atoms with E-state index in [1.165, 1.54) is 5.56 Å². The second kappa shape index (κ2) is 11.2. The molecular formula is C26H24BrNO3. The first kappa shape index (κ1) is 22.5. The molecular weight excluding hydrogens is 454 g/mol. The lowest BCUT2D eigenvalue weighted by Crippen LogP contribution is -2.10. The van der Waals surface area contributed by atoms with Crippen molar-refractivity contribution in [1.82, 2.24) is 0 Å². The fraction of sp³-hybridized carbons (Fsp3) is 0.192. The first-order valence-corrected chi connectivity index (χ1v) is 10.9. The quantitative estimate of drug-likeness (QED) is 0.196. The van der Waals surface area contributed by atoms with Gasteiger partial charge in [0.15, 0.2) is 11.5 Å².